The molecule has 664 valence electrons. The number of nitrogens with zero attached hydrogens (tertiary/aromatic N) is 6. The first-order chi connectivity index (χ1) is 59.2. The van der Waals surface area contributed by atoms with Gasteiger partial charge in [-0.05, 0) is 68.5 Å². The van der Waals surface area contributed by atoms with E-state index in [0.29, 0.717) is 95.0 Å². The fourth-order valence-electron chi connectivity index (χ4n) is 9.41. The van der Waals surface area contributed by atoms with Gasteiger partial charge >= 0.3 is 59.7 Å². The van der Waals surface area contributed by atoms with Gasteiger partial charge in [0.1, 0.15) is 60.9 Å². The fourth-order valence-corrected chi connectivity index (χ4v) is 17.1. The molecule has 0 aromatic heterocycles. The van der Waals surface area contributed by atoms with Crippen molar-refractivity contribution in [2.75, 3.05) is 106 Å². The summed E-state index contributed by atoms with van der Waals surface area (Å²) in [5.41, 5.74) is -0.577. The highest BCUT2D eigenvalue weighted by atomic mass is 32.2. The quantitative estimate of drug-likeness (QED) is 0.0127. The number of carbonyl (C=O) groups excluding carboxylic acids is 10. The maximum absolute atomic E-state index is 12.5. The minimum absolute atomic E-state index is 0.0157. The molecule has 0 atom stereocenters. The lowest BCUT2D eigenvalue weighted by atomic mass is 9.96. The van der Waals surface area contributed by atoms with Gasteiger partial charge < -0.3 is 75.8 Å². The Morgan fingerprint density at radius 2 is 0.576 bits per heavy atom. The molecule has 0 amide bonds. The molecule has 0 fully saturated rings. The lowest BCUT2D eigenvalue weighted by Crippen LogP contribution is -2.29. The van der Waals surface area contributed by atoms with Crippen molar-refractivity contribution in [3.8, 4) is 52.7 Å². The standard InChI is InChI=1S/C35H42N2O10S2.C31H34N2O10S2.C21H18N2O6S2/c1-9-26(38)44-19-34(4,5)21-46-28(40)13-11-15-42-25-17-23(3)30(32-31(25)48-33(49-32)24(18-36)37-8)43-16-12-14-29(41)47-22-35(6,7)20-45-27(39)10-2;1-9-22(34)40-15-30(4,5)17-42-24(36)13-38-21-11-19(3)26(28-27(21)44-29(45-28)20(12-32)33-8)39-14-25(37)43-18-31(6,7)16-41-23(35)10-2;1-5-16(24)27-8-7-26-15-11-13(3)18(29-10-9-28-17(25)6-2)20-19(15)30-21(31-20)14(12-22)23-4/h9-10,17H,1-2,11-16,19-22H2,3-7H3;9-11H,1-2,13-18H2,3-7H3;5-6,11H,1-2,7-10H2,3H3/b33-24+;29-20+;21-14+. The molecule has 0 aliphatic carbocycles. The van der Waals surface area contributed by atoms with Crippen molar-refractivity contribution in [2.45, 2.75) is 131 Å². The SMILES string of the molecule is [C-]#[N+]/C(C#N)=C1\Sc2c(OCC(=O)OCC(C)(C)COC(=O)C=C)cc(C)c(OCC(=O)OCC(C)(C)COC(=O)C=C)c2S1.[C-]#[N+]/C(C#N)=C1\Sc2c(OCCCC(=O)OCC(C)(C)COC(=O)C=C)cc(C)c(OCCCC(=O)OCC(C)(C)COC(=O)C=C)c2S1.[C-]#[N+]/C(C#N)=C1\Sc2c(OCCOC(=O)C=C)cc(C)c(OCCOC(=O)C=C)c2S1. The molecule has 3 heterocycles. The molecule has 6 rings (SSSR count). The van der Waals surface area contributed by atoms with Gasteiger partial charge in [-0.25, -0.2) is 68.7 Å². The second kappa shape index (κ2) is 52.5. The molecule has 0 bridgehead atoms. The van der Waals surface area contributed by atoms with Crippen molar-refractivity contribution < 1.29 is 124 Å². The van der Waals surface area contributed by atoms with Crippen LogP contribution in [-0.2, 0) is 95.3 Å². The number of thioether (sulfide) groups is 6. The summed E-state index contributed by atoms with van der Waals surface area (Å²) >= 11 is 7.20. The molecule has 38 heteroatoms. The smallest absolute Gasteiger partial charge is 0.344 e. The van der Waals surface area contributed by atoms with Crippen molar-refractivity contribution >= 4 is 130 Å². The van der Waals surface area contributed by atoms with Crippen molar-refractivity contribution in [3.05, 3.63) is 175 Å². The fraction of sp³-hybridized carbons (Fsp3) is 0.402. The number of ether oxygens (including phenoxy) is 16. The van der Waals surface area contributed by atoms with E-state index in [9.17, 15) is 63.7 Å². The van der Waals surface area contributed by atoms with Gasteiger partial charge in [-0.3, -0.25) is 9.59 Å². The van der Waals surface area contributed by atoms with Gasteiger partial charge in [0.2, 0.25) is 0 Å². The lowest BCUT2D eigenvalue weighted by molar-refractivity contribution is -0.153. The van der Waals surface area contributed by atoms with E-state index in [-0.39, 0.29) is 122 Å². The topological polar surface area (TPSA) is 403 Å². The largest absolute Gasteiger partial charge is 0.492 e. The first kappa shape index (κ1) is 105. The van der Waals surface area contributed by atoms with Gasteiger partial charge in [-0.2, -0.15) is 0 Å². The van der Waals surface area contributed by atoms with Gasteiger partial charge in [-0.15, -0.1) is 0 Å². The Labute approximate surface area is 751 Å². The third-order valence-corrected chi connectivity index (χ3v) is 23.5. The molecule has 125 heavy (non-hydrogen) atoms. The summed E-state index contributed by atoms with van der Waals surface area (Å²) in [7, 11) is 0. The second-order valence-corrected chi connectivity index (χ2v) is 36.1. The van der Waals surface area contributed by atoms with E-state index in [4.69, 9.17) is 95.5 Å². The average Bonchev–Trinajstić information content (AvgIpc) is 1.65. The second-order valence-electron chi connectivity index (χ2n) is 29.2. The Balaban J connectivity index is 0.000000403. The van der Waals surface area contributed by atoms with Crippen molar-refractivity contribution in [3.63, 3.8) is 0 Å². The number of nitriles is 3. The molecule has 3 aliphatic rings. The molecule has 3 aromatic rings. The summed E-state index contributed by atoms with van der Waals surface area (Å²) in [4.78, 5) is 131. The predicted molar refractivity (Wildman–Crippen MR) is 464 cm³/mol. The Kier molecular flexibility index (Phi) is 44.2. The summed E-state index contributed by atoms with van der Waals surface area (Å²) < 4.78 is 88.2. The number of carbonyl (C=O) groups is 10. The minimum atomic E-state index is -0.667. The molecule has 3 aromatic carbocycles. The molecule has 0 N–H and O–H groups in total. The first-order valence-electron chi connectivity index (χ1n) is 37.5. The van der Waals surface area contributed by atoms with Crippen LogP contribution >= 0.6 is 70.6 Å². The zero-order chi connectivity index (χ0) is 93.2. The highest BCUT2D eigenvalue weighted by Gasteiger charge is 2.36. The van der Waals surface area contributed by atoms with E-state index in [1.807, 2.05) is 59.8 Å². The van der Waals surface area contributed by atoms with Crippen LogP contribution in [0.4, 0.5) is 0 Å². The van der Waals surface area contributed by atoms with Crippen LogP contribution in [-0.4, -0.2) is 165 Å². The Morgan fingerprint density at radius 3 is 0.880 bits per heavy atom. The van der Waals surface area contributed by atoms with Crippen LogP contribution in [0.2, 0.25) is 0 Å². The van der Waals surface area contributed by atoms with Crippen LogP contribution in [0.15, 0.2) is 153 Å². The number of rotatable bonds is 46. The number of benzene rings is 3. The van der Waals surface area contributed by atoms with Gasteiger partial charge in [0.05, 0.1) is 146 Å². The number of esters is 10. The van der Waals surface area contributed by atoms with E-state index in [0.717, 1.165) is 71.1 Å². The Hall–Kier alpha value is -12.1. The third kappa shape index (κ3) is 35.9. The number of aryl methyl sites for hydroxylation is 3. The number of hydrogen-bond acceptors (Lipinski definition) is 35. The zero-order valence-corrected chi connectivity index (χ0v) is 75.7. The summed E-state index contributed by atoms with van der Waals surface area (Å²) in [6.45, 7) is 61.7. The van der Waals surface area contributed by atoms with Crippen LogP contribution in [0.25, 0.3) is 14.5 Å². The van der Waals surface area contributed by atoms with Crippen LogP contribution in [0, 0.1) is 96.1 Å². The molecule has 3 aliphatic heterocycles. The van der Waals surface area contributed by atoms with E-state index < -0.39 is 94.6 Å². The predicted octanol–water partition coefficient (Wildman–Crippen LogP) is 15.9. The molecule has 0 radical (unpaired) electrons. The molecule has 0 saturated heterocycles. The van der Waals surface area contributed by atoms with E-state index >= 15 is 0 Å². The first-order valence-corrected chi connectivity index (χ1v) is 42.4. The normalized spacial score (nSPS) is 13.2. The van der Waals surface area contributed by atoms with Gasteiger partial charge in [0.25, 0.3) is 17.1 Å². The lowest BCUT2D eigenvalue weighted by Gasteiger charge is -2.23. The number of allylic oxidation sites excluding steroid dienone is 3. The Morgan fingerprint density at radius 1 is 0.336 bits per heavy atom. The molecular formula is C87H94N6O26S6. The summed E-state index contributed by atoms with van der Waals surface area (Å²) in [5, 5.41) is 28.1. The molecule has 32 nitrogen and oxygen atoms in total. The molecule has 0 saturated carbocycles. The molecular weight excluding hydrogens is 1740 g/mol. The molecule has 0 unspecified atom stereocenters. The van der Waals surface area contributed by atoms with E-state index in [2.05, 4.69) is 54.0 Å². The summed E-state index contributed by atoms with van der Waals surface area (Å²) in [5.74, 6) is -2.74. The van der Waals surface area contributed by atoms with Gasteiger partial charge in [0, 0.05) is 71.0 Å². The number of fused-ring (bicyclic) bond motifs is 3. The van der Waals surface area contributed by atoms with Crippen LogP contribution < -0.4 is 28.4 Å². The highest BCUT2D eigenvalue weighted by molar-refractivity contribution is 8.25. The third-order valence-electron chi connectivity index (χ3n) is 15.7. The highest BCUT2D eigenvalue weighted by Crippen LogP contribution is 2.62. The van der Waals surface area contributed by atoms with Crippen LogP contribution in [0.5, 0.6) is 34.5 Å². The van der Waals surface area contributed by atoms with Crippen LogP contribution in [0.1, 0.15) is 97.8 Å². The van der Waals surface area contributed by atoms with Crippen molar-refractivity contribution in [1.82, 2.24) is 0 Å². The van der Waals surface area contributed by atoms with Gasteiger partial charge in [-0.1, -0.05) is 165 Å². The van der Waals surface area contributed by atoms with Crippen LogP contribution in [0.3, 0.4) is 0 Å². The zero-order valence-electron chi connectivity index (χ0n) is 70.8. The van der Waals surface area contributed by atoms with Gasteiger partial charge in [0.15, 0.2) is 13.2 Å². The summed E-state index contributed by atoms with van der Waals surface area (Å²) in [6, 6.07) is 10.9. The average molecular weight is 1830 g/mol. The maximum Gasteiger partial charge on any atom is 0.344 e. The van der Waals surface area contributed by atoms with Crippen molar-refractivity contribution in [1.29, 1.82) is 15.8 Å². The summed E-state index contributed by atoms with van der Waals surface area (Å²) in [6.07, 6.45) is 7.33. The number of hydrogen-bond donors (Lipinski definition) is 0. The maximum atomic E-state index is 12.5. The minimum Gasteiger partial charge on any atom is -0.492 e. The molecule has 0 spiro atoms. The van der Waals surface area contributed by atoms with E-state index in [1.54, 1.807) is 52.8 Å². The Bertz CT molecular complexity index is 4930. The monoisotopic (exact) mass is 1830 g/mol. The van der Waals surface area contributed by atoms with Crippen molar-refractivity contribution in [2.24, 2.45) is 21.7 Å². The van der Waals surface area contributed by atoms with E-state index in [1.165, 1.54) is 47.0 Å².